The zero-order chi connectivity index (χ0) is 41.4. The second kappa shape index (κ2) is 14.0. The van der Waals surface area contributed by atoms with E-state index in [1.54, 1.807) is 0 Å². The van der Waals surface area contributed by atoms with E-state index in [4.69, 9.17) is 19.4 Å². The molecule has 13 aromatic rings. The van der Waals surface area contributed by atoms with E-state index in [1.165, 1.54) is 0 Å². The summed E-state index contributed by atoms with van der Waals surface area (Å²) in [5.74, 6) is 1.68. The van der Waals surface area contributed by atoms with Crippen molar-refractivity contribution in [2.45, 2.75) is 0 Å². The van der Waals surface area contributed by atoms with E-state index in [0.717, 1.165) is 104 Å². The number of benzene rings is 9. The standard InChI is InChI=1S/C57H35N5O/c1-2-14-36(15-3-1)40-32-33-46-45-20-6-10-25-50(45)62(51(46)35-40)57-59-55(58-56(60-57)61-48-23-8-4-18-43(48)44-19-5-9-24-49(44)61)38-30-28-37(29-31-38)39-16-12-17-41(34-39)42-22-13-27-53-54(42)47-21-7-11-26-52(47)63-53/h1-35H. The summed E-state index contributed by atoms with van der Waals surface area (Å²) in [7, 11) is 0. The Morgan fingerprint density at radius 2 is 0.778 bits per heavy atom. The van der Waals surface area contributed by atoms with Gasteiger partial charge in [0.05, 0.1) is 22.1 Å². The summed E-state index contributed by atoms with van der Waals surface area (Å²) in [4.78, 5) is 16.0. The van der Waals surface area contributed by atoms with Gasteiger partial charge >= 0.3 is 0 Å². The van der Waals surface area contributed by atoms with Gasteiger partial charge in [-0.15, -0.1) is 0 Å². The van der Waals surface area contributed by atoms with Crippen LogP contribution in [0, 0.1) is 0 Å². The van der Waals surface area contributed by atoms with Gasteiger partial charge in [0, 0.05) is 37.9 Å². The zero-order valence-corrected chi connectivity index (χ0v) is 33.9. The lowest BCUT2D eigenvalue weighted by Gasteiger charge is -2.13. The summed E-state index contributed by atoms with van der Waals surface area (Å²) in [6, 6.07) is 74.5. The number of nitrogens with zero attached hydrogens (tertiary/aromatic N) is 5. The largest absolute Gasteiger partial charge is 0.456 e. The highest BCUT2D eigenvalue weighted by atomic mass is 16.3. The maximum atomic E-state index is 6.24. The Kier molecular flexibility index (Phi) is 7.80. The highest BCUT2D eigenvalue weighted by Crippen LogP contribution is 2.39. The molecule has 6 heteroatoms. The van der Waals surface area contributed by atoms with Crippen molar-refractivity contribution in [2.75, 3.05) is 0 Å². The number of hydrogen-bond acceptors (Lipinski definition) is 4. The van der Waals surface area contributed by atoms with Gasteiger partial charge in [0.2, 0.25) is 11.9 Å². The van der Waals surface area contributed by atoms with Crippen LogP contribution >= 0.6 is 0 Å². The Hall–Kier alpha value is -8.61. The molecule has 294 valence electrons. The van der Waals surface area contributed by atoms with Gasteiger partial charge < -0.3 is 4.42 Å². The van der Waals surface area contributed by atoms with Crippen molar-refractivity contribution in [3.05, 3.63) is 212 Å². The first-order valence-electron chi connectivity index (χ1n) is 21.2. The lowest BCUT2D eigenvalue weighted by molar-refractivity contribution is 0.669. The normalized spacial score (nSPS) is 11.8. The van der Waals surface area contributed by atoms with Crippen LogP contribution in [0.5, 0.6) is 0 Å². The van der Waals surface area contributed by atoms with Gasteiger partial charge in [0.15, 0.2) is 5.82 Å². The molecule has 0 bridgehead atoms. The van der Waals surface area contributed by atoms with Crippen LogP contribution in [0.1, 0.15) is 0 Å². The SMILES string of the molecule is c1ccc(-c2ccc3c4ccccc4n(-c4nc(-c5ccc(-c6cccc(-c7cccc8oc9ccccc9c78)c6)cc5)nc(-n5c6ccccc6c6ccccc65)n4)c3c2)cc1. The Morgan fingerprint density at radius 1 is 0.302 bits per heavy atom. The number of rotatable bonds is 6. The average Bonchev–Trinajstić information content (AvgIpc) is 4.02. The molecule has 4 heterocycles. The monoisotopic (exact) mass is 805 g/mol. The van der Waals surface area contributed by atoms with E-state index in [1.807, 2.05) is 18.2 Å². The third-order valence-corrected chi connectivity index (χ3v) is 12.4. The Balaban J connectivity index is 0.992. The third kappa shape index (κ3) is 5.62. The molecule has 0 atom stereocenters. The summed E-state index contributed by atoms with van der Waals surface area (Å²) >= 11 is 0. The minimum absolute atomic E-state index is 0.547. The molecule has 0 fully saturated rings. The average molecular weight is 806 g/mol. The molecule has 0 unspecified atom stereocenters. The molecule has 4 aromatic heterocycles. The van der Waals surface area contributed by atoms with Crippen molar-refractivity contribution >= 4 is 65.6 Å². The fourth-order valence-electron chi connectivity index (χ4n) is 9.51. The topological polar surface area (TPSA) is 61.7 Å². The summed E-state index contributed by atoms with van der Waals surface area (Å²) < 4.78 is 10.6. The van der Waals surface area contributed by atoms with Crippen molar-refractivity contribution in [1.82, 2.24) is 24.1 Å². The Morgan fingerprint density at radius 3 is 1.48 bits per heavy atom. The van der Waals surface area contributed by atoms with Crippen LogP contribution in [0.3, 0.4) is 0 Å². The van der Waals surface area contributed by atoms with Crippen molar-refractivity contribution in [2.24, 2.45) is 0 Å². The zero-order valence-electron chi connectivity index (χ0n) is 33.9. The van der Waals surface area contributed by atoms with Crippen LogP contribution in [0.15, 0.2) is 217 Å². The molecular formula is C57H35N5O. The molecule has 0 aliphatic carbocycles. The minimum atomic E-state index is 0.547. The quantitative estimate of drug-likeness (QED) is 0.168. The van der Waals surface area contributed by atoms with Gasteiger partial charge in [-0.25, -0.2) is 0 Å². The second-order valence-electron chi connectivity index (χ2n) is 16.0. The molecule has 6 nitrogen and oxygen atoms in total. The summed E-state index contributed by atoms with van der Waals surface area (Å²) in [6.07, 6.45) is 0. The molecule has 0 aliphatic heterocycles. The van der Waals surface area contributed by atoms with Gasteiger partial charge in [-0.2, -0.15) is 15.0 Å². The first-order valence-corrected chi connectivity index (χ1v) is 21.2. The van der Waals surface area contributed by atoms with Crippen LogP contribution in [0.4, 0.5) is 0 Å². The maximum Gasteiger partial charge on any atom is 0.240 e. The predicted molar refractivity (Wildman–Crippen MR) is 258 cm³/mol. The number of aromatic nitrogens is 5. The predicted octanol–water partition coefficient (Wildman–Crippen LogP) is 14.6. The van der Waals surface area contributed by atoms with E-state index in [0.29, 0.717) is 17.7 Å². The van der Waals surface area contributed by atoms with Crippen molar-refractivity contribution in [3.63, 3.8) is 0 Å². The van der Waals surface area contributed by atoms with Gasteiger partial charge in [-0.05, 0) is 75.8 Å². The molecule has 63 heavy (non-hydrogen) atoms. The first kappa shape index (κ1) is 35.2. The first-order chi connectivity index (χ1) is 31.2. The molecule has 13 rings (SSSR count). The molecular weight excluding hydrogens is 771 g/mol. The molecule has 9 aromatic carbocycles. The number of para-hydroxylation sites is 4. The number of furan rings is 1. The summed E-state index contributed by atoms with van der Waals surface area (Å²) in [6.45, 7) is 0. The minimum Gasteiger partial charge on any atom is -0.456 e. The van der Waals surface area contributed by atoms with E-state index in [9.17, 15) is 0 Å². The number of hydrogen-bond donors (Lipinski definition) is 0. The highest BCUT2D eigenvalue weighted by Gasteiger charge is 2.21. The van der Waals surface area contributed by atoms with Gasteiger partial charge in [-0.1, -0.05) is 170 Å². The van der Waals surface area contributed by atoms with E-state index >= 15 is 0 Å². The molecule has 0 saturated heterocycles. The smallest absolute Gasteiger partial charge is 0.240 e. The molecule has 0 spiro atoms. The van der Waals surface area contributed by atoms with Gasteiger partial charge in [-0.3, -0.25) is 9.13 Å². The molecule has 0 amide bonds. The van der Waals surface area contributed by atoms with E-state index < -0.39 is 0 Å². The van der Waals surface area contributed by atoms with Crippen LogP contribution in [-0.4, -0.2) is 24.1 Å². The van der Waals surface area contributed by atoms with Crippen molar-refractivity contribution < 1.29 is 4.42 Å². The Labute approximate surface area is 361 Å². The van der Waals surface area contributed by atoms with Crippen LogP contribution in [-0.2, 0) is 0 Å². The molecule has 0 radical (unpaired) electrons. The highest BCUT2D eigenvalue weighted by molar-refractivity contribution is 6.13. The van der Waals surface area contributed by atoms with Gasteiger partial charge in [0.25, 0.3) is 0 Å². The fraction of sp³-hybridized carbons (Fsp3) is 0. The van der Waals surface area contributed by atoms with Crippen molar-refractivity contribution in [3.8, 4) is 56.7 Å². The lowest BCUT2D eigenvalue weighted by Crippen LogP contribution is -2.10. The van der Waals surface area contributed by atoms with Crippen LogP contribution < -0.4 is 0 Å². The molecule has 0 N–H and O–H groups in total. The van der Waals surface area contributed by atoms with E-state index in [2.05, 4.69) is 203 Å². The molecule has 0 aliphatic rings. The van der Waals surface area contributed by atoms with E-state index in [-0.39, 0.29) is 0 Å². The maximum absolute atomic E-state index is 6.24. The number of fused-ring (bicyclic) bond motifs is 9. The summed E-state index contributed by atoms with van der Waals surface area (Å²) in [5, 5.41) is 6.80. The van der Waals surface area contributed by atoms with Crippen LogP contribution in [0.2, 0.25) is 0 Å². The molecule has 0 saturated carbocycles. The summed E-state index contributed by atoms with van der Waals surface area (Å²) in [5.41, 5.74) is 13.5. The lowest BCUT2D eigenvalue weighted by atomic mass is 9.95. The third-order valence-electron chi connectivity index (χ3n) is 12.4. The second-order valence-corrected chi connectivity index (χ2v) is 16.0. The Bertz CT molecular complexity index is 3860. The van der Waals surface area contributed by atoms with Crippen molar-refractivity contribution in [1.29, 1.82) is 0 Å². The van der Waals surface area contributed by atoms with Crippen LogP contribution in [0.25, 0.3) is 122 Å². The van der Waals surface area contributed by atoms with Gasteiger partial charge in [0.1, 0.15) is 11.2 Å². The fourth-order valence-corrected chi connectivity index (χ4v) is 9.51.